The quantitative estimate of drug-likeness (QED) is 0.552. The van der Waals surface area contributed by atoms with Crippen LogP contribution in [0.2, 0.25) is 0 Å². The van der Waals surface area contributed by atoms with Gasteiger partial charge in [-0.2, -0.15) is 5.10 Å². The Hall–Kier alpha value is -4.14. The molecule has 1 aliphatic rings. The van der Waals surface area contributed by atoms with Crippen LogP contribution in [0.1, 0.15) is 24.0 Å². The number of carbonyl (C=O) groups excluding carboxylic acids is 2. The molecule has 1 saturated heterocycles. The smallest absolute Gasteiger partial charge is 0.321 e. The number of nitrogens with one attached hydrogen (secondary N) is 2. The van der Waals surface area contributed by atoms with Crippen molar-refractivity contribution in [2.24, 2.45) is 5.92 Å². The van der Waals surface area contributed by atoms with Crippen LogP contribution in [0.5, 0.6) is 0 Å². The Morgan fingerprint density at radius 3 is 2.50 bits per heavy atom. The zero-order chi connectivity index (χ0) is 25.7. The third-order valence-electron chi connectivity index (χ3n) is 6.36. The third kappa shape index (κ3) is 6.10. The van der Waals surface area contributed by atoms with Crippen molar-refractivity contribution in [2.75, 3.05) is 37.8 Å². The van der Waals surface area contributed by atoms with Gasteiger partial charge in [-0.05, 0) is 55.2 Å². The van der Waals surface area contributed by atoms with Gasteiger partial charge in [0.15, 0.2) is 5.82 Å². The molecule has 0 atom stereocenters. The first-order chi connectivity index (χ1) is 17.3. The van der Waals surface area contributed by atoms with Crippen LogP contribution in [0.25, 0.3) is 0 Å². The number of piperidine rings is 1. The number of anilines is 3. The number of benzene rings is 2. The van der Waals surface area contributed by atoms with Crippen LogP contribution in [0.4, 0.5) is 22.0 Å². The summed E-state index contributed by atoms with van der Waals surface area (Å²) in [5.74, 6) is 0.656. The van der Waals surface area contributed by atoms with Gasteiger partial charge in [-0.3, -0.25) is 9.59 Å². The molecule has 2 heterocycles. The number of amides is 3. The molecule has 3 amide bonds. The molecule has 2 N–H and O–H groups in total. The Morgan fingerprint density at radius 2 is 1.78 bits per heavy atom. The summed E-state index contributed by atoms with van der Waals surface area (Å²) in [7, 11) is 3.52. The molecule has 0 radical (unpaired) electrons. The number of urea groups is 1. The minimum Gasteiger partial charge on any atom is -0.349 e. The molecule has 9 nitrogen and oxygen atoms in total. The Balaban J connectivity index is 1.39. The molecule has 0 aliphatic carbocycles. The van der Waals surface area contributed by atoms with Crippen LogP contribution in [0, 0.1) is 12.8 Å². The van der Waals surface area contributed by atoms with Crippen LogP contribution in [0.15, 0.2) is 65.5 Å². The molecular weight excluding hydrogens is 456 g/mol. The van der Waals surface area contributed by atoms with Crippen LogP contribution in [0.3, 0.4) is 0 Å². The van der Waals surface area contributed by atoms with E-state index in [1.165, 1.54) is 10.7 Å². The van der Waals surface area contributed by atoms with E-state index in [1.54, 1.807) is 30.0 Å². The molecule has 0 unspecified atom stereocenters. The Kier molecular flexibility index (Phi) is 7.68. The second kappa shape index (κ2) is 11.1. The highest BCUT2D eigenvalue weighted by atomic mass is 16.2. The number of hydrogen-bond donors (Lipinski definition) is 2. The largest absolute Gasteiger partial charge is 0.349 e. The average molecular weight is 489 g/mol. The summed E-state index contributed by atoms with van der Waals surface area (Å²) in [6, 6.07) is 18.2. The van der Waals surface area contributed by atoms with E-state index in [1.807, 2.05) is 55.5 Å². The number of likely N-dealkylation sites (tertiary alicyclic amines) is 1. The lowest BCUT2D eigenvalue weighted by atomic mass is 9.96. The summed E-state index contributed by atoms with van der Waals surface area (Å²) in [6.45, 7) is 3.35. The molecule has 9 heteroatoms. The number of aromatic nitrogens is 2. The van der Waals surface area contributed by atoms with E-state index < -0.39 is 0 Å². The van der Waals surface area contributed by atoms with Crippen molar-refractivity contribution in [1.82, 2.24) is 19.6 Å². The monoisotopic (exact) mass is 488 g/mol. The standard InChI is InChI=1S/C27H32N6O3/c1-19-7-4-5-10-23(19)29-24-11-12-25(34)33(30-24)18-20-8-6-9-22(17-20)28-27(36)32-15-13-21(14-16-32)26(35)31(2)3/h4-12,17,21H,13-16,18H2,1-3H3,(H,28,36)(H,29,30). The van der Waals surface area contributed by atoms with Gasteiger partial charge in [0.1, 0.15) is 0 Å². The number of aryl methyl sites for hydroxylation is 1. The summed E-state index contributed by atoms with van der Waals surface area (Å²) in [4.78, 5) is 40.8. The summed E-state index contributed by atoms with van der Waals surface area (Å²) >= 11 is 0. The summed E-state index contributed by atoms with van der Waals surface area (Å²) in [6.07, 6.45) is 1.32. The maximum Gasteiger partial charge on any atom is 0.321 e. The number of hydrogen-bond acceptors (Lipinski definition) is 5. The van der Waals surface area contributed by atoms with E-state index >= 15 is 0 Å². The fourth-order valence-electron chi connectivity index (χ4n) is 4.30. The maximum absolute atomic E-state index is 12.8. The number of rotatable bonds is 6. The first-order valence-electron chi connectivity index (χ1n) is 12.1. The number of carbonyl (C=O) groups is 2. The van der Waals surface area contributed by atoms with Gasteiger partial charge < -0.3 is 20.4 Å². The number of para-hydroxylation sites is 1. The van der Waals surface area contributed by atoms with E-state index in [-0.39, 0.29) is 30.0 Å². The van der Waals surface area contributed by atoms with Gasteiger partial charge in [-0.25, -0.2) is 9.48 Å². The van der Waals surface area contributed by atoms with Crippen LogP contribution in [-0.4, -0.2) is 58.7 Å². The highest BCUT2D eigenvalue weighted by Crippen LogP contribution is 2.21. The van der Waals surface area contributed by atoms with Gasteiger partial charge in [0.05, 0.1) is 6.54 Å². The molecule has 36 heavy (non-hydrogen) atoms. The molecule has 0 spiro atoms. The molecule has 0 bridgehead atoms. The van der Waals surface area contributed by atoms with Gasteiger partial charge >= 0.3 is 6.03 Å². The molecule has 1 aromatic heterocycles. The SMILES string of the molecule is Cc1ccccc1Nc1ccc(=O)n(Cc2cccc(NC(=O)N3CCC(C(=O)N(C)C)CC3)c2)n1. The van der Waals surface area contributed by atoms with E-state index in [4.69, 9.17) is 0 Å². The maximum atomic E-state index is 12.8. The fourth-order valence-corrected chi connectivity index (χ4v) is 4.30. The van der Waals surface area contributed by atoms with Crippen molar-refractivity contribution in [3.8, 4) is 0 Å². The zero-order valence-corrected chi connectivity index (χ0v) is 20.9. The summed E-state index contributed by atoms with van der Waals surface area (Å²) < 4.78 is 1.40. The average Bonchev–Trinajstić information content (AvgIpc) is 2.87. The second-order valence-corrected chi connectivity index (χ2v) is 9.28. The Morgan fingerprint density at radius 1 is 1.03 bits per heavy atom. The zero-order valence-electron chi connectivity index (χ0n) is 20.9. The van der Waals surface area contributed by atoms with Gasteiger partial charge in [0.2, 0.25) is 5.91 Å². The predicted molar refractivity (Wildman–Crippen MR) is 141 cm³/mol. The first kappa shape index (κ1) is 25.0. The molecule has 188 valence electrons. The highest BCUT2D eigenvalue weighted by molar-refractivity contribution is 5.89. The molecule has 1 aliphatic heterocycles. The van der Waals surface area contributed by atoms with Crippen LogP contribution in [-0.2, 0) is 11.3 Å². The normalized spacial score (nSPS) is 13.8. The van der Waals surface area contributed by atoms with Crippen molar-refractivity contribution >= 4 is 29.1 Å². The lowest BCUT2D eigenvalue weighted by Crippen LogP contribution is -2.44. The first-order valence-corrected chi connectivity index (χ1v) is 12.1. The van der Waals surface area contributed by atoms with Crippen LogP contribution < -0.4 is 16.2 Å². The molecule has 3 aromatic rings. The van der Waals surface area contributed by atoms with Gasteiger partial charge in [0.25, 0.3) is 5.56 Å². The van der Waals surface area contributed by atoms with Crippen molar-refractivity contribution in [2.45, 2.75) is 26.3 Å². The van der Waals surface area contributed by atoms with Gasteiger partial charge in [-0.1, -0.05) is 30.3 Å². The molecule has 4 rings (SSSR count). The summed E-state index contributed by atoms with van der Waals surface area (Å²) in [5.41, 5.74) is 3.27. The van der Waals surface area contributed by atoms with Gasteiger partial charge in [-0.15, -0.1) is 0 Å². The molecule has 1 fully saturated rings. The van der Waals surface area contributed by atoms with Crippen molar-refractivity contribution in [1.29, 1.82) is 0 Å². The van der Waals surface area contributed by atoms with Crippen molar-refractivity contribution in [3.05, 3.63) is 82.1 Å². The Labute approximate surface area is 210 Å². The van der Waals surface area contributed by atoms with Gasteiger partial charge in [0, 0.05) is 50.5 Å². The molecule has 2 aromatic carbocycles. The highest BCUT2D eigenvalue weighted by Gasteiger charge is 2.28. The Bertz CT molecular complexity index is 1290. The van der Waals surface area contributed by atoms with E-state index in [0.29, 0.717) is 37.4 Å². The lowest BCUT2D eigenvalue weighted by Gasteiger charge is -2.32. The van der Waals surface area contributed by atoms with Crippen molar-refractivity contribution < 1.29 is 9.59 Å². The predicted octanol–water partition coefficient (Wildman–Crippen LogP) is 3.68. The minimum absolute atomic E-state index is 0.0331. The van der Waals surface area contributed by atoms with E-state index in [2.05, 4.69) is 15.7 Å². The molecular formula is C27H32N6O3. The van der Waals surface area contributed by atoms with Crippen LogP contribution >= 0.6 is 0 Å². The summed E-state index contributed by atoms with van der Waals surface area (Å²) in [5, 5.41) is 10.7. The number of nitrogens with zero attached hydrogens (tertiary/aromatic N) is 4. The van der Waals surface area contributed by atoms with E-state index in [0.717, 1.165) is 16.8 Å². The van der Waals surface area contributed by atoms with Crippen molar-refractivity contribution in [3.63, 3.8) is 0 Å². The topological polar surface area (TPSA) is 99.6 Å². The lowest BCUT2D eigenvalue weighted by molar-refractivity contribution is -0.134. The molecule has 0 saturated carbocycles. The second-order valence-electron chi connectivity index (χ2n) is 9.28. The fraction of sp³-hybridized carbons (Fsp3) is 0.333. The third-order valence-corrected chi connectivity index (χ3v) is 6.36. The van der Waals surface area contributed by atoms with E-state index in [9.17, 15) is 14.4 Å². The minimum atomic E-state index is -0.213.